The molecule has 0 saturated carbocycles. The Balaban J connectivity index is 1.35. The number of unbranched alkanes of at least 4 members (excludes halogenated alkanes) is 26. The van der Waals surface area contributed by atoms with Gasteiger partial charge in [-0.15, -0.1) is 0 Å². The Labute approximate surface area is 620 Å². The Morgan fingerprint density at radius 1 is 0.359 bits per heavy atom. The zero-order valence-corrected chi connectivity index (χ0v) is 63.3. The molecule has 3 heterocycles. The van der Waals surface area contributed by atoms with E-state index in [4.69, 9.17) is 28.4 Å². The Hall–Kier alpha value is -3.81. The molecule has 0 aromatic heterocycles. The fourth-order valence-electron chi connectivity index (χ4n) is 12.9. The molecule has 0 aromatic rings. The van der Waals surface area contributed by atoms with Crippen LogP contribution in [-0.2, 0) is 33.2 Å². The van der Waals surface area contributed by atoms with Crippen LogP contribution in [0.2, 0.25) is 0 Å². The lowest BCUT2D eigenvalue weighted by molar-refractivity contribution is -0.379. The molecule has 3 saturated heterocycles. The molecule has 19 heteroatoms. The lowest BCUT2D eigenvalue weighted by Crippen LogP contribution is -2.66. The molecule has 0 aromatic carbocycles. The van der Waals surface area contributed by atoms with Crippen molar-refractivity contribution in [2.24, 2.45) is 0 Å². The molecule has 17 atom stereocenters. The predicted octanol–water partition coefficient (Wildman–Crippen LogP) is 13.5. The van der Waals surface area contributed by atoms with Gasteiger partial charge in [0.1, 0.15) is 73.2 Å². The van der Waals surface area contributed by atoms with Crippen LogP contribution in [0.1, 0.15) is 271 Å². The number of aliphatic hydroxyl groups excluding tert-OH is 11. The highest BCUT2D eigenvalue weighted by Gasteiger charge is 2.54. The van der Waals surface area contributed by atoms with Gasteiger partial charge in [-0.05, 0) is 89.9 Å². The summed E-state index contributed by atoms with van der Waals surface area (Å²) in [5, 5.41) is 121. The largest absolute Gasteiger partial charge is 0.394 e. The average molecular weight is 1460 g/mol. The minimum absolute atomic E-state index is 0.250. The van der Waals surface area contributed by atoms with E-state index in [1.165, 1.54) is 109 Å². The monoisotopic (exact) mass is 1450 g/mol. The maximum Gasteiger partial charge on any atom is 0.220 e. The molecule has 0 aliphatic carbocycles. The van der Waals surface area contributed by atoms with Crippen molar-refractivity contribution in [3.63, 3.8) is 0 Å². The van der Waals surface area contributed by atoms with E-state index in [-0.39, 0.29) is 18.9 Å². The van der Waals surface area contributed by atoms with Crippen LogP contribution in [-0.4, -0.2) is 193 Å². The number of ether oxygens (including phenoxy) is 6. The predicted molar refractivity (Wildman–Crippen MR) is 410 cm³/mol. The second-order valence-electron chi connectivity index (χ2n) is 28.2. The molecule has 3 rings (SSSR count). The zero-order chi connectivity index (χ0) is 74.6. The van der Waals surface area contributed by atoms with Gasteiger partial charge in [-0.3, -0.25) is 4.79 Å². The van der Waals surface area contributed by atoms with Crippen molar-refractivity contribution in [1.29, 1.82) is 0 Å². The highest BCUT2D eigenvalue weighted by atomic mass is 16.8. The number of aliphatic hydroxyl groups is 11. The first-order chi connectivity index (χ1) is 50.3. The number of hydrogen-bond donors (Lipinski definition) is 12. The summed E-state index contributed by atoms with van der Waals surface area (Å²) in [6.07, 6.45) is 61.3. The number of amides is 1. The molecular formula is C84H143NO18. The number of nitrogens with one attached hydrogen (secondary N) is 1. The van der Waals surface area contributed by atoms with E-state index in [2.05, 4.69) is 141 Å². The number of allylic oxidation sites excluding steroid dienone is 20. The van der Waals surface area contributed by atoms with Crippen LogP contribution in [0.4, 0.5) is 0 Å². The molecule has 0 radical (unpaired) electrons. The van der Waals surface area contributed by atoms with Gasteiger partial charge in [-0.2, -0.15) is 0 Å². The topological polar surface area (TPSA) is 307 Å². The van der Waals surface area contributed by atoms with Crippen LogP contribution in [0.5, 0.6) is 0 Å². The van der Waals surface area contributed by atoms with Gasteiger partial charge < -0.3 is 89.9 Å². The van der Waals surface area contributed by atoms with Crippen LogP contribution in [0.15, 0.2) is 122 Å². The number of rotatable bonds is 62. The molecule has 17 unspecified atom stereocenters. The number of carbonyl (C=O) groups excluding carboxylic acids is 1. The molecule has 1 amide bonds. The van der Waals surface area contributed by atoms with E-state index in [9.17, 15) is 61.0 Å². The van der Waals surface area contributed by atoms with Crippen LogP contribution >= 0.6 is 0 Å². The van der Waals surface area contributed by atoms with E-state index in [1.54, 1.807) is 0 Å². The number of carbonyl (C=O) groups is 1. The summed E-state index contributed by atoms with van der Waals surface area (Å²) in [7, 11) is 0. The molecule has 3 fully saturated rings. The van der Waals surface area contributed by atoms with Crippen LogP contribution in [0, 0.1) is 0 Å². The van der Waals surface area contributed by atoms with Crippen molar-refractivity contribution >= 4 is 5.91 Å². The van der Waals surface area contributed by atoms with Crippen molar-refractivity contribution in [2.75, 3.05) is 26.4 Å². The lowest BCUT2D eigenvalue weighted by atomic mass is 9.96. The van der Waals surface area contributed by atoms with Gasteiger partial charge >= 0.3 is 0 Å². The van der Waals surface area contributed by atoms with Gasteiger partial charge in [0.05, 0.1) is 38.6 Å². The van der Waals surface area contributed by atoms with E-state index >= 15 is 0 Å². The molecule has 12 N–H and O–H groups in total. The van der Waals surface area contributed by atoms with E-state index < -0.39 is 124 Å². The summed E-state index contributed by atoms with van der Waals surface area (Å²) in [6.45, 7) is 1.69. The summed E-state index contributed by atoms with van der Waals surface area (Å²) in [5.74, 6) is -0.254. The molecule has 0 spiro atoms. The number of hydrogen-bond acceptors (Lipinski definition) is 18. The Bertz CT molecular complexity index is 2330. The lowest BCUT2D eigenvalue weighted by Gasteiger charge is -2.48. The zero-order valence-electron chi connectivity index (χ0n) is 63.3. The van der Waals surface area contributed by atoms with E-state index in [1.807, 2.05) is 0 Å². The van der Waals surface area contributed by atoms with E-state index in [0.29, 0.717) is 12.8 Å². The molecule has 3 aliphatic heterocycles. The Morgan fingerprint density at radius 2 is 0.670 bits per heavy atom. The smallest absolute Gasteiger partial charge is 0.220 e. The normalized spacial score (nSPS) is 26.7. The van der Waals surface area contributed by atoms with E-state index in [0.717, 1.165) is 128 Å². The summed E-state index contributed by atoms with van der Waals surface area (Å²) >= 11 is 0. The average Bonchev–Trinajstić information content (AvgIpc) is 0.781. The van der Waals surface area contributed by atoms with Crippen LogP contribution in [0.3, 0.4) is 0 Å². The molecule has 0 bridgehead atoms. The highest BCUT2D eigenvalue weighted by Crippen LogP contribution is 2.33. The van der Waals surface area contributed by atoms with Gasteiger partial charge in [-0.25, -0.2) is 0 Å². The van der Waals surface area contributed by atoms with Crippen molar-refractivity contribution in [3.05, 3.63) is 122 Å². The van der Waals surface area contributed by atoms with Crippen LogP contribution in [0.25, 0.3) is 0 Å². The first-order valence-corrected chi connectivity index (χ1v) is 40.3. The SMILES string of the molecule is CC/C=C\C/C=C\C/C=C\C/C=C\C/C=C\C/C=C\C/C=C\C/C=C\C/C=C\C/C=C\CCCCCCCCCCC(=O)NC(COC1OC(CO)C(OC2OC(CO)C(OC3OC(CO)C(O)C(O)C3O)C(O)C2O)C(O)C1O)C(O)CCCCCCCCCCCCCCCCCCCCC. The summed E-state index contributed by atoms with van der Waals surface area (Å²) in [4.78, 5) is 13.5. The van der Waals surface area contributed by atoms with Crippen molar-refractivity contribution < 1.29 is 89.4 Å². The molecular weight excluding hydrogens is 1310 g/mol. The minimum Gasteiger partial charge on any atom is -0.394 e. The third-order valence-corrected chi connectivity index (χ3v) is 19.3. The van der Waals surface area contributed by atoms with Crippen LogP contribution < -0.4 is 5.32 Å². The Morgan fingerprint density at radius 3 is 1.05 bits per heavy atom. The Kier molecular flexibility index (Phi) is 57.3. The van der Waals surface area contributed by atoms with Gasteiger partial charge in [0.25, 0.3) is 0 Å². The second-order valence-corrected chi connectivity index (χ2v) is 28.2. The third kappa shape index (κ3) is 43.1. The summed E-state index contributed by atoms with van der Waals surface area (Å²) in [6, 6.07) is -0.901. The second kappa shape index (κ2) is 63.2. The van der Waals surface area contributed by atoms with Gasteiger partial charge in [0.2, 0.25) is 5.91 Å². The third-order valence-electron chi connectivity index (χ3n) is 19.3. The van der Waals surface area contributed by atoms with Crippen molar-refractivity contribution in [3.8, 4) is 0 Å². The van der Waals surface area contributed by atoms with Gasteiger partial charge in [-0.1, -0.05) is 296 Å². The highest BCUT2D eigenvalue weighted by molar-refractivity contribution is 5.76. The quantitative estimate of drug-likeness (QED) is 0.0199. The summed E-state index contributed by atoms with van der Waals surface area (Å²) in [5.41, 5.74) is 0. The fourth-order valence-corrected chi connectivity index (χ4v) is 12.9. The van der Waals surface area contributed by atoms with Crippen molar-refractivity contribution in [1.82, 2.24) is 5.32 Å². The van der Waals surface area contributed by atoms with Crippen molar-refractivity contribution in [2.45, 2.75) is 375 Å². The summed E-state index contributed by atoms with van der Waals surface area (Å²) < 4.78 is 34.5. The molecule has 3 aliphatic rings. The molecule has 19 nitrogen and oxygen atoms in total. The fraction of sp³-hybridized carbons (Fsp3) is 0.750. The maximum atomic E-state index is 13.5. The molecule has 103 heavy (non-hydrogen) atoms. The standard InChI is InChI=1S/C84H143NO18/c1-3-5-7-9-11-13-15-17-19-21-23-24-25-26-27-28-29-30-31-32-33-34-35-36-37-38-39-40-41-42-44-46-48-50-52-54-56-58-60-62-72(90)85-67(68(89)61-59-57-55-53-51-49-47-45-43-22-20-18-16-14-12-10-8-6-4-2)66-98-82-78(96)75(93)80(70(64-87)100-82)103-84-79(97)76(94)81(71(65-88)101-84)102-83-77(95)74(92)73(91)69(63-86)99-83/h5,7,11,13,17,19,23-24,26-27,29-30,32-33,35-36,38-39,41-42,67-71,73-84,86-89,91-97H,3-4,6,8-10,12,14-16,18,20-22,25,28,31,34,37,40,43-66H2,1-2H3,(H,85,90)/b7-5-,13-11-,19-17-,24-23-,27-26-,30-29-,33-32-,36-35-,39-38-,42-41-. The minimum atomic E-state index is -1.98. The first kappa shape index (κ1) is 93.4. The molecule has 592 valence electrons. The van der Waals surface area contributed by atoms with Gasteiger partial charge in [0.15, 0.2) is 18.9 Å². The van der Waals surface area contributed by atoms with Gasteiger partial charge in [0, 0.05) is 6.42 Å². The maximum absolute atomic E-state index is 13.5. The first-order valence-electron chi connectivity index (χ1n) is 40.3.